The summed E-state index contributed by atoms with van der Waals surface area (Å²) < 4.78 is 6.32. The standard InChI is InChI=1S/C20H28BrN5O/c1-20(2,3)19-23-17(14-27-4)11-18(24-19)26-9-7-25(8-10-26)13-16-6-5-15(21)12-22-16/h5-6,11-12H,7-10,13-14H2,1-4H3. The fraction of sp³-hybridized carbons (Fsp3) is 0.550. The molecule has 2 aromatic rings. The molecule has 0 aliphatic carbocycles. The summed E-state index contributed by atoms with van der Waals surface area (Å²) in [6.07, 6.45) is 1.86. The Bertz CT molecular complexity index is 752. The zero-order chi connectivity index (χ0) is 19.4. The SMILES string of the molecule is COCc1cc(N2CCN(Cc3ccc(Br)cn3)CC2)nc(C(C)(C)C)n1. The summed E-state index contributed by atoms with van der Waals surface area (Å²) >= 11 is 3.44. The van der Waals surface area contributed by atoms with Gasteiger partial charge < -0.3 is 9.64 Å². The minimum atomic E-state index is -0.0897. The molecule has 0 saturated carbocycles. The quantitative estimate of drug-likeness (QED) is 0.719. The number of halogens is 1. The number of pyridine rings is 1. The third-order valence-electron chi connectivity index (χ3n) is 4.60. The fourth-order valence-corrected chi connectivity index (χ4v) is 3.30. The molecule has 0 aromatic carbocycles. The highest BCUT2D eigenvalue weighted by Gasteiger charge is 2.23. The van der Waals surface area contributed by atoms with E-state index in [4.69, 9.17) is 9.72 Å². The predicted molar refractivity (Wildman–Crippen MR) is 111 cm³/mol. The van der Waals surface area contributed by atoms with Gasteiger partial charge in [0.15, 0.2) is 0 Å². The number of ether oxygens (including phenoxy) is 1. The van der Waals surface area contributed by atoms with Crippen LogP contribution >= 0.6 is 15.9 Å². The summed E-state index contributed by atoms with van der Waals surface area (Å²) in [7, 11) is 1.70. The Morgan fingerprint density at radius 1 is 1.07 bits per heavy atom. The maximum atomic E-state index is 5.30. The van der Waals surface area contributed by atoms with E-state index in [0.29, 0.717) is 6.61 Å². The van der Waals surface area contributed by atoms with Gasteiger partial charge in [-0.1, -0.05) is 20.8 Å². The van der Waals surface area contributed by atoms with Crippen LogP contribution in [0.1, 0.15) is 38.0 Å². The van der Waals surface area contributed by atoms with E-state index in [1.54, 1.807) is 7.11 Å². The van der Waals surface area contributed by atoms with Gasteiger partial charge in [-0.25, -0.2) is 9.97 Å². The van der Waals surface area contributed by atoms with Crippen molar-refractivity contribution in [2.45, 2.75) is 39.3 Å². The summed E-state index contributed by atoms with van der Waals surface area (Å²) in [5, 5.41) is 0. The van der Waals surface area contributed by atoms with Gasteiger partial charge in [-0.15, -0.1) is 0 Å². The Morgan fingerprint density at radius 3 is 2.41 bits per heavy atom. The van der Waals surface area contributed by atoms with Crippen LogP contribution in [0.15, 0.2) is 28.9 Å². The van der Waals surface area contributed by atoms with Gasteiger partial charge in [-0.2, -0.15) is 0 Å². The number of aromatic nitrogens is 3. The molecule has 0 spiro atoms. The number of anilines is 1. The van der Waals surface area contributed by atoms with E-state index in [1.165, 1.54) is 0 Å². The number of nitrogens with zero attached hydrogens (tertiary/aromatic N) is 5. The minimum Gasteiger partial charge on any atom is -0.378 e. The molecule has 6 nitrogen and oxygen atoms in total. The van der Waals surface area contributed by atoms with Gasteiger partial charge in [-0.3, -0.25) is 9.88 Å². The molecule has 0 bridgehead atoms. The van der Waals surface area contributed by atoms with Crippen LogP contribution in [0.3, 0.4) is 0 Å². The third-order valence-corrected chi connectivity index (χ3v) is 5.07. The summed E-state index contributed by atoms with van der Waals surface area (Å²) in [5.74, 6) is 1.87. The van der Waals surface area contributed by atoms with Gasteiger partial charge in [0, 0.05) is 62.0 Å². The van der Waals surface area contributed by atoms with Gasteiger partial charge >= 0.3 is 0 Å². The van der Waals surface area contributed by atoms with Crippen molar-refractivity contribution in [1.29, 1.82) is 0 Å². The lowest BCUT2D eigenvalue weighted by Crippen LogP contribution is -2.46. The summed E-state index contributed by atoms with van der Waals surface area (Å²) in [6.45, 7) is 11.7. The van der Waals surface area contributed by atoms with Crippen molar-refractivity contribution in [3.05, 3.63) is 46.1 Å². The Labute approximate surface area is 170 Å². The van der Waals surface area contributed by atoms with Crippen molar-refractivity contribution < 1.29 is 4.74 Å². The van der Waals surface area contributed by atoms with Crippen molar-refractivity contribution in [2.24, 2.45) is 0 Å². The van der Waals surface area contributed by atoms with Gasteiger partial charge in [0.25, 0.3) is 0 Å². The number of piperazine rings is 1. The maximum Gasteiger partial charge on any atom is 0.136 e. The van der Waals surface area contributed by atoms with Crippen LogP contribution < -0.4 is 4.90 Å². The lowest BCUT2D eigenvalue weighted by Gasteiger charge is -2.35. The van der Waals surface area contributed by atoms with Gasteiger partial charge in [0.1, 0.15) is 11.6 Å². The highest BCUT2D eigenvalue weighted by atomic mass is 79.9. The molecule has 27 heavy (non-hydrogen) atoms. The molecule has 1 fully saturated rings. The molecule has 146 valence electrons. The van der Waals surface area contributed by atoms with Crippen LogP contribution in [0.25, 0.3) is 0 Å². The lowest BCUT2D eigenvalue weighted by atomic mass is 9.95. The van der Waals surface area contributed by atoms with E-state index in [9.17, 15) is 0 Å². The molecule has 1 aliphatic heterocycles. The van der Waals surface area contributed by atoms with Crippen molar-refractivity contribution in [2.75, 3.05) is 38.2 Å². The first-order valence-corrected chi connectivity index (χ1v) is 10.1. The van der Waals surface area contributed by atoms with Gasteiger partial charge in [0.2, 0.25) is 0 Å². The Hall–Kier alpha value is -1.57. The van der Waals surface area contributed by atoms with Crippen LogP contribution in [-0.2, 0) is 23.3 Å². The van der Waals surface area contributed by atoms with E-state index >= 15 is 0 Å². The monoisotopic (exact) mass is 433 g/mol. The van der Waals surface area contributed by atoms with Crippen LogP contribution in [-0.4, -0.2) is 53.1 Å². The molecular weight excluding hydrogens is 406 g/mol. The smallest absolute Gasteiger partial charge is 0.136 e. The second-order valence-electron chi connectivity index (χ2n) is 7.96. The van der Waals surface area contributed by atoms with Crippen LogP contribution in [0.4, 0.5) is 5.82 Å². The molecule has 1 aliphatic rings. The average molecular weight is 434 g/mol. The van der Waals surface area contributed by atoms with Crippen LogP contribution in [0, 0.1) is 0 Å². The minimum absolute atomic E-state index is 0.0897. The first-order chi connectivity index (χ1) is 12.8. The highest BCUT2D eigenvalue weighted by molar-refractivity contribution is 9.10. The molecule has 2 aromatic heterocycles. The first kappa shape index (κ1) is 20.2. The normalized spacial score (nSPS) is 16.0. The molecule has 0 atom stereocenters. The fourth-order valence-electron chi connectivity index (χ4n) is 3.07. The molecule has 0 N–H and O–H groups in total. The summed E-state index contributed by atoms with van der Waals surface area (Å²) in [6, 6.07) is 6.18. The zero-order valence-corrected chi connectivity index (χ0v) is 18.2. The maximum absolute atomic E-state index is 5.30. The molecule has 1 saturated heterocycles. The van der Waals surface area contributed by atoms with E-state index in [1.807, 2.05) is 12.3 Å². The topological polar surface area (TPSA) is 54.4 Å². The van der Waals surface area contributed by atoms with E-state index in [0.717, 1.165) is 60.2 Å². The van der Waals surface area contributed by atoms with Crippen molar-refractivity contribution in [1.82, 2.24) is 19.9 Å². The summed E-state index contributed by atoms with van der Waals surface area (Å²) in [5.41, 5.74) is 1.95. The van der Waals surface area contributed by atoms with Crippen molar-refractivity contribution >= 4 is 21.7 Å². The average Bonchev–Trinajstić information content (AvgIpc) is 2.64. The zero-order valence-electron chi connectivity index (χ0n) is 16.6. The van der Waals surface area contributed by atoms with Crippen LogP contribution in [0.2, 0.25) is 0 Å². The van der Waals surface area contributed by atoms with Gasteiger partial charge in [-0.05, 0) is 28.1 Å². The number of hydrogen-bond acceptors (Lipinski definition) is 6. The van der Waals surface area contributed by atoms with Crippen molar-refractivity contribution in [3.63, 3.8) is 0 Å². The Morgan fingerprint density at radius 2 is 1.81 bits per heavy atom. The van der Waals surface area contributed by atoms with E-state index in [2.05, 4.69) is 68.6 Å². The number of rotatable bonds is 5. The molecule has 3 heterocycles. The third kappa shape index (κ3) is 5.46. The Kier molecular flexibility index (Phi) is 6.44. The molecule has 7 heteroatoms. The van der Waals surface area contributed by atoms with E-state index < -0.39 is 0 Å². The van der Waals surface area contributed by atoms with E-state index in [-0.39, 0.29) is 5.41 Å². The first-order valence-electron chi connectivity index (χ1n) is 9.30. The summed E-state index contributed by atoms with van der Waals surface area (Å²) in [4.78, 5) is 18.8. The number of methoxy groups -OCH3 is 1. The second kappa shape index (κ2) is 8.63. The van der Waals surface area contributed by atoms with Crippen molar-refractivity contribution in [3.8, 4) is 0 Å². The Balaban J connectivity index is 1.67. The molecule has 0 amide bonds. The van der Waals surface area contributed by atoms with Gasteiger partial charge in [0.05, 0.1) is 18.0 Å². The molecule has 0 radical (unpaired) electrons. The molecule has 3 rings (SSSR count). The largest absolute Gasteiger partial charge is 0.378 e. The second-order valence-corrected chi connectivity index (χ2v) is 8.87. The molecular formula is C20H28BrN5O. The number of hydrogen-bond donors (Lipinski definition) is 0. The van der Waals surface area contributed by atoms with Crippen LogP contribution in [0.5, 0.6) is 0 Å². The highest BCUT2D eigenvalue weighted by Crippen LogP contribution is 2.23. The molecule has 0 unspecified atom stereocenters. The predicted octanol–water partition coefficient (Wildman–Crippen LogP) is 3.40. The lowest BCUT2D eigenvalue weighted by molar-refractivity contribution is 0.181.